The Balaban J connectivity index is 0.000000257. The smallest absolute Gasteiger partial charge is 0.294 e. The number of aryl methyl sites for hydroxylation is 2. The molecule has 0 saturated heterocycles. The Kier molecular flexibility index (Phi) is 8.31. The van der Waals surface area contributed by atoms with Crippen molar-refractivity contribution < 1.29 is 17.7 Å². The van der Waals surface area contributed by atoms with Crippen LogP contribution in [-0.4, -0.2) is 30.6 Å². The van der Waals surface area contributed by atoms with Crippen LogP contribution in [0.5, 0.6) is 5.75 Å². The maximum Gasteiger partial charge on any atom is 0.294 e. The number of halogens is 1. The molecule has 0 radical (unpaired) electrons. The lowest BCUT2D eigenvalue weighted by Crippen LogP contribution is -2.18. The lowest BCUT2D eigenvalue weighted by molar-refractivity contribution is 0.300. The molecule has 2 rings (SSSR count). The maximum absolute atomic E-state index is 10.5. The van der Waals surface area contributed by atoms with Gasteiger partial charge in [-0.2, -0.15) is 8.42 Å². The standard InChI is InChI=1S/C10H15ClN2O.C7H8O3S/c1-7-5-9(6-13-10(7)11)14-4-3-8(2)12;1-6-2-4-7(5-3-6)11(8,9)10/h5-6,8H,3-4,12H2,1-2H3;2-5H,1H3,(H,8,9,10). The van der Waals surface area contributed by atoms with Crippen molar-refractivity contribution in [2.75, 3.05) is 6.61 Å². The number of hydrogen-bond donors (Lipinski definition) is 2. The first-order valence-corrected chi connectivity index (χ1v) is 9.46. The number of rotatable bonds is 5. The van der Waals surface area contributed by atoms with Crippen LogP contribution in [-0.2, 0) is 10.1 Å². The van der Waals surface area contributed by atoms with Crippen molar-refractivity contribution in [3.05, 3.63) is 52.8 Å². The summed E-state index contributed by atoms with van der Waals surface area (Å²) < 4.78 is 35.0. The maximum atomic E-state index is 10.5. The van der Waals surface area contributed by atoms with Crippen LogP contribution >= 0.6 is 11.6 Å². The molecule has 6 nitrogen and oxygen atoms in total. The molecule has 1 aromatic carbocycles. The van der Waals surface area contributed by atoms with Crippen molar-refractivity contribution in [2.45, 2.75) is 38.1 Å². The lowest BCUT2D eigenvalue weighted by atomic mass is 10.2. The van der Waals surface area contributed by atoms with Gasteiger partial charge in [-0.3, -0.25) is 4.55 Å². The molecule has 8 heteroatoms. The van der Waals surface area contributed by atoms with E-state index in [-0.39, 0.29) is 10.9 Å². The normalized spacial score (nSPS) is 12.1. The number of ether oxygens (including phenoxy) is 1. The zero-order valence-corrected chi connectivity index (χ0v) is 16.0. The zero-order chi connectivity index (χ0) is 19.0. The Morgan fingerprint density at radius 3 is 2.36 bits per heavy atom. The van der Waals surface area contributed by atoms with Gasteiger partial charge in [-0.25, -0.2) is 4.98 Å². The summed E-state index contributed by atoms with van der Waals surface area (Å²) in [5.74, 6) is 0.743. The number of nitrogens with zero attached hydrogens (tertiary/aromatic N) is 1. The first kappa shape index (κ1) is 21.4. The topological polar surface area (TPSA) is 103 Å². The lowest BCUT2D eigenvalue weighted by Gasteiger charge is -2.08. The molecule has 0 amide bonds. The highest BCUT2D eigenvalue weighted by Gasteiger charge is 2.06. The predicted molar refractivity (Wildman–Crippen MR) is 98.7 cm³/mol. The van der Waals surface area contributed by atoms with E-state index in [1.165, 1.54) is 12.1 Å². The van der Waals surface area contributed by atoms with Crippen LogP contribution in [0.1, 0.15) is 24.5 Å². The minimum Gasteiger partial charge on any atom is -0.492 e. The second kappa shape index (κ2) is 9.72. The van der Waals surface area contributed by atoms with E-state index in [9.17, 15) is 8.42 Å². The van der Waals surface area contributed by atoms with Gasteiger partial charge in [0.05, 0.1) is 17.7 Å². The van der Waals surface area contributed by atoms with E-state index in [2.05, 4.69) is 4.98 Å². The average Bonchev–Trinajstić information content (AvgIpc) is 2.51. The van der Waals surface area contributed by atoms with Crippen molar-refractivity contribution in [3.63, 3.8) is 0 Å². The summed E-state index contributed by atoms with van der Waals surface area (Å²) in [6.07, 6.45) is 2.46. The minimum atomic E-state index is -4.02. The third-order valence-electron chi connectivity index (χ3n) is 3.15. The largest absolute Gasteiger partial charge is 0.492 e. The Labute approximate surface area is 153 Å². The molecule has 0 spiro atoms. The number of benzene rings is 1. The predicted octanol–water partition coefficient (Wildman–Crippen LogP) is 3.40. The highest BCUT2D eigenvalue weighted by molar-refractivity contribution is 7.85. The van der Waals surface area contributed by atoms with Crippen molar-refractivity contribution in [1.29, 1.82) is 0 Å². The van der Waals surface area contributed by atoms with Gasteiger partial charge in [0.2, 0.25) is 0 Å². The average molecular weight is 387 g/mol. The number of nitrogens with two attached hydrogens (primary N) is 1. The second-order valence-electron chi connectivity index (χ2n) is 5.68. The fraction of sp³-hybridized carbons (Fsp3) is 0.353. The molecule has 25 heavy (non-hydrogen) atoms. The summed E-state index contributed by atoms with van der Waals surface area (Å²) in [6, 6.07) is 8.02. The van der Waals surface area contributed by atoms with Crippen LogP contribution in [0, 0.1) is 13.8 Å². The van der Waals surface area contributed by atoms with Gasteiger partial charge in [0.15, 0.2) is 0 Å². The zero-order valence-electron chi connectivity index (χ0n) is 14.4. The molecular formula is C17H23ClN2O4S. The number of hydrogen-bond acceptors (Lipinski definition) is 5. The summed E-state index contributed by atoms with van der Waals surface area (Å²) in [4.78, 5) is 3.92. The molecule has 3 N–H and O–H groups in total. The monoisotopic (exact) mass is 386 g/mol. The Bertz CT molecular complexity index is 778. The van der Waals surface area contributed by atoms with E-state index < -0.39 is 10.1 Å². The first-order valence-electron chi connectivity index (χ1n) is 7.64. The second-order valence-corrected chi connectivity index (χ2v) is 7.46. The summed E-state index contributed by atoms with van der Waals surface area (Å²) in [6.45, 7) is 6.30. The van der Waals surface area contributed by atoms with Crippen molar-refractivity contribution in [1.82, 2.24) is 4.98 Å². The highest BCUT2D eigenvalue weighted by Crippen LogP contribution is 2.17. The fourth-order valence-electron chi connectivity index (χ4n) is 1.68. The van der Waals surface area contributed by atoms with E-state index >= 15 is 0 Å². The van der Waals surface area contributed by atoms with Crippen molar-refractivity contribution >= 4 is 21.7 Å². The third-order valence-corrected chi connectivity index (χ3v) is 4.41. The van der Waals surface area contributed by atoms with Crippen LogP contribution < -0.4 is 10.5 Å². The number of aromatic nitrogens is 1. The van der Waals surface area contributed by atoms with Gasteiger partial charge >= 0.3 is 0 Å². The minimum absolute atomic E-state index is 0.0666. The molecule has 0 bridgehead atoms. The van der Waals surface area contributed by atoms with Gasteiger partial charge in [0.1, 0.15) is 10.9 Å². The van der Waals surface area contributed by atoms with Gasteiger partial charge in [-0.05, 0) is 51.0 Å². The SMILES string of the molecule is Cc1cc(OCCC(C)N)cnc1Cl.Cc1ccc(S(=O)(=O)O)cc1. The van der Waals surface area contributed by atoms with Gasteiger partial charge in [-0.1, -0.05) is 29.3 Å². The van der Waals surface area contributed by atoms with Gasteiger partial charge < -0.3 is 10.5 Å². The number of pyridine rings is 1. The highest BCUT2D eigenvalue weighted by atomic mass is 35.5. The van der Waals surface area contributed by atoms with Crippen LogP contribution in [0.4, 0.5) is 0 Å². The van der Waals surface area contributed by atoms with Crippen LogP contribution in [0.2, 0.25) is 5.15 Å². The molecule has 1 atom stereocenters. The molecule has 1 aromatic heterocycles. The van der Waals surface area contributed by atoms with Crippen LogP contribution in [0.15, 0.2) is 41.4 Å². The van der Waals surface area contributed by atoms with Gasteiger partial charge in [0.25, 0.3) is 10.1 Å². The molecular weight excluding hydrogens is 364 g/mol. The van der Waals surface area contributed by atoms with E-state index in [1.54, 1.807) is 18.3 Å². The molecule has 1 heterocycles. The summed E-state index contributed by atoms with van der Waals surface area (Å²) in [5, 5.41) is 0.518. The first-order chi connectivity index (χ1) is 11.6. The molecule has 0 fully saturated rings. The van der Waals surface area contributed by atoms with Gasteiger partial charge in [0, 0.05) is 6.04 Å². The van der Waals surface area contributed by atoms with E-state index in [1.807, 2.05) is 26.8 Å². The Morgan fingerprint density at radius 1 is 1.28 bits per heavy atom. The van der Waals surface area contributed by atoms with Gasteiger partial charge in [-0.15, -0.1) is 0 Å². The third kappa shape index (κ3) is 8.31. The molecule has 1 unspecified atom stereocenters. The molecule has 0 aliphatic rings. The Morgan fingerprint density at radius 2 is 1.88 bits per heavy atom. The molecule has 2 aromatic rings. The summed E-state index contributed by atoms with van der Waals surface area (Å²) in [7, 11) is -4.02. The van der Waals surface area contributed by atoms with E-state index in [0.29, 0.717) is 11.8 Å². The van der Waals surface area contributed by atoms with Crippen molar-refractivity contribution in [2.24, 2.45) is 5.73 Å². The molecule has 138 valence electrons. The quantitative estimate of drug-likeness (QED) is 0.603. The molecule has 0 aliphatic carbocycles. The van der Waals surface area contributed by atoms with Crippen molar-refractivity contribution in [3.8, 4) is 5.75 Å². The van der Waals surface area contributed by atoms with E-state index in [0.717, 1.165) is 23.3 Å². The summed E-state index contributed by atoms with van der Waals surface area (Å²) in [5.41, 5.74) is 7.47. The van der Waals surface area contributed by atoms with Crippen LogP contribution in [0.3, 0.4) is 0 Å². The molecule has 0 saturated carbocycles. The fourth-order valence-corrected chi connectivity index (χ4v) is 2.27. The summed E-state index contributed by atoms with van der Waals surface area (Å²) >= 11 is 5.78. The van der Waals surface area contributed by atoms with Crippen LogP contribution in [0.25, 0.3) is 0 Å². The molecule has 0 aliphatic heterocycles. The van der Waals surface area contributed by atoms with E-state index in [4.69, 9.17) is 26.6 Å². The Hall–Kier alpha value is -1.67.